The number of nitrogens with zero attached hydrogens (tertiary/aromatic N) is 4. The topological polar surface area (TPSA) is 67.8 Å². The molecule has 1 aromatic rings. The number of ether oxygens (including phenoxy) is 2. The van der Waals surface area contributed by atoms with Crippen LogP contribution in [0.3, 0.4) is 0 Å². The van der Waals surface area contributed by atoms with Gasteiger partial charge < -0.3 is 19.3 Å². The number of piperidine rings is 1. The lowest BCUT2D eigenvalue weighted by molar-refractivity contribution is -0.136. The molecule has 0 spiro atoms. The van der Waals surface area contributed by atoms with Crippen LogP contribution in [0.25, 0.3) is 0 Å². The fraction of sp³-hybridized carbons (Fsp3) is 0.722. The van der Waals surface area contributed by atoms with Crippen LogP contribution in [0.1, 0.15) is 32.1 Å². The Balaban J connectivity index is 1.41. The molecule has 3 heterocycles. The number of methoxy groups -OCH3 is 1. The van der Waals surface area contributed by atoms with E-state index in [-0.39, 0.29) is 11.8 Å². The molecule has 1 saturated carbocycles. The molecule has 2 saturated heterocycles. The smallest absolute Gasteiger partial charge is 0.228 e. The summed E-state index contributed by atoms with van der Waals surface area (Å²) in [6, 6.07) is 2.91. The molecule has 0 N–H and O–H groups in total. The van der Waals surface area contributed by atoms with E-state index in [9.17, 15) is 4.79 Å². The van der Waals surface area contributed by atoms with Crippen molar-refractivity contribution in [2.45, 2.75) is 44.2 Å². The Hall–Kier alpha value is -1.89. The van der Waals surface area contributed by atoms with Crippen LogP contribution in [0.15, 0.2) is 12.4 Å². The summed E-state index contributed by atoms with van der Waals surface area (Å²) in [4.78, 5) is 25.6. The quantitative estimate of drug-likeness (QED) is 0.804. The zero-order valence-corrected chi connectivity index (χ0v) is 14.8. The molecule has 3 aliphatic rings. The van der Waals surface area contributed by atoms with Gasteiger partial charge in [0.25, 0.3) is 0 Å². The number of likely N-dealkylation sites (tertiary alicyclic amines) is 1. The van der Waals surface area contributed by atoms with Crippen molar-refractivity contribution in [1.82, 2.24) is 14.9 Å². The second-order valence-corrected chi connectivity index (χ2v) is 7.17. The molecular weight excluding hydrogens is 320 g/mol. The van der Waals surface area contributed by atoms with Crippen LogP contribution < -0.4 is 9.64 Å². The lowest BCUT2D eigenvalue weighted by Crippen LogP contribution is -2.49. The first-order valence-electron chi connectivity index (χ1n) is 9.27. The number of anilines is 1. The summed E-state index contributed by atoms with van der Waals surface area (Å²) in [7, 11) is 1.63. The standard InChI is InChI=1S/C18H26N4O3/c1-24-17-10-16(19-12-20-17)22(14-2-3-14)15-4-7-21(8-5-15)18(23)13-6-9-25-11-13/h10,12-15H,2-9,11H2,1H3. The molecule has 7 heteroatoms. The number of aromatic nitrogens is 2. The molecule has 1 aromatic heterocycles. The molecule has 1 aliphatic carbocycles. The van der Waals surface area contributed by atoms with Crippen molar-refractivity contribution in [3.63, 3.8) is 0 Å². The van der Waals surface area contributed by atoms with Gasteiger partial charge in [0.15, 0.2) is 0 Å². The van der Waals surface area contributed by atoms with Crippen molar-refractivity contribution < 1.29 is 14.3 Å². The van der Waals surface area contributed by atoms with Crippen molar-refractivity contribution >= 4 is 11.7 Å². The van der Waals surface area contributed by atoms with E-state index in [1.54, 1.807) is 13.4 Å². The molecule has 3 fully saturated rings. The maximum absolute atomic E-state index is 12.6. The predicted octanol–water partition coefficient (Wildman–Crippen LogP) is 1.48. The summed E-state index contributed by atoms with van der Waals surface area (Å²) >= 11 is 0. The molecule has 2 aliphatic heterocycles. The van der Waals surface area contributed by atoms with E-state index >= 15 is 0 Å². The number of hydrogen-bond acceptors (Lipinski definition) is 6. The molecule has 136 valence electrons. The van der Waals surface area contributed by atoms with E-state index in [1.165, 1.54) is 12.8 Å². The van der Waals surface area contributed by atoms with Crippen molar-refractivity contribution in [2.75, 3.05) is 38.3 Å². The van der Waals surface area contributed by atoms with Gasteiger partial charge >= 0.3 is 0 Å². The van der Waals surface area contributed by atoms with Crippen LogP contribution in [0, 0.1) is 5.92 Å². The normalized spacial score (nSPS) is 24.4. The molecule has 4 rings (SSSR count). The van der Waals surface area contributed by atoms with Gasteiger partial charge in [0.05, 0.1) is 19.6 Å². The summed E-state index contributed by atoms with van der Waals surface area (Å²) in [5, 5.41) is 0. The summed E-state index contributed by atoms with van der Waals surface area (Å²) in [5.41, 5.74) is 0. The van der Waals surface area contributed by atoms with Gasteiger partial charge in [-0.05, 0) is 32.1 Å². The fourth-order valence-corrected chi connectivity index (χ4v) is 3.96. The zero-order valence-electron chi connectivity index (χ0n) is 14.8. The van der Waals surface area contributed by atoms with Crippen LogP contribution in [0.5, 0.6) is 5.88 Å². The van der Waals surface area contributed by atoms with Crippen LogP contribution >= 0.6 is 0 Å². The maximum atomic E-state index is 12.6. The third-order valence-electron chi connectivity index (χ3n) is 5.49. The second-order valence-electron chi connectivity index (χ2n) is 7.17. The van der Waals surface area contributed by atoms with Gasteiger partial charge in [-0.3, -0.25) is 4.79 Å². The predicted molar refractivity (Wildman–Crippen MR) is 92.6 cm³/mol. The molecule has 1 unspecified atom stereocenters. The average molecular weight is 346 g/mol. The van der Waals surface area contributed by atoms with Gasteiger partial charge in [-0.15, -0.1) is 0 Å². The lowest BCUT2D eigenvalue weighted by atomic mass is 10.00. The van der Waals surface area contributed by atoms with Crippen molar-refractivity contribution in [3.05, 3.63) is 12.4 Å². The third-order valence-corrected chi connectivity index (χ3v) is 5.49. The number of carbonyl (C=O) groups excluding carboxylic acids is 1. The summed E-state index contributed by atoms with van der Waals surface area (Å²) < 4.78 is 10.6. The first-order chi connectivity index (χ1) is 12.3. The molecule has 0 aromatic carbocycles. The highest BCUT2D eigenvalue weighted by Crippen LogP contribution is 2.36. The minimum absolute atomic E-state index is 0.0715. The maximum Gasteiger partial charge on any atom is 0.228 e. The van der Waals surface area contributed by atoms with Crippen molar-refractivity contribution in [1.29, 1.82) is 0 Å². The SMILES string of the molecule is COc1cc(N(C2CC2)C2CCN(C(=O)C3CCOC3)CC2)ncn1. The Labute approximate surface area is 148 Å². The molecule has 25 heavy (non-hydrogen) atoms. The third kappa shape index (κ3) is 3.56. The molecule has 1 atom stereocenters. The Morgan fingerprint density at radius 3 is 2.60 bits per heavy atom. The van der Waals surface area contributed by atoms with E-state index < -0.39 is 0 Å². The summed E-state index contributed by atoms with van der Waals surface area (Å²) in [6.45, 7) is 2.96. The van der Waals surface area contributed by atoms with E-state index in [4.69, 9.17) is 9.47 Å². The number of amides is 1. The Bertz CT molecular complexity index is 608. The number of carbonyl (C=O) groups is 1. The average Bonchev–Trinajstić information content (AvgIpc) is 3.33. The number of hydrogen-bond donors (Lipinski definition) is 0. The van der Waals surface area contributed by atoms with E-state index in [1.807, 2.05) is 11.0 Å². The largest absolute Gasteiger partial charge is 0.481 e. The first-order valence-corrected chi connectivity index (χ1v) is 9.27. The van der Waals surface area contributed by atoms with Gasteiger partial charge in [0, 0.05) is 37.8 Å². The van der Waals surface area contributed by atoms with E-state index in [0.717, 1.165) is 44.8 Å². The summed E-state index contributed by atoms with van der Waals surface area (Å²) in [6.07, 6.45) is 6.84. The molecule has 0 bridgehead atoms. The van der Waals surface area contributed by atoms with E-state index in [2.05, 4.69) is 14.9 Å². The van der Waals surface area contributed by atoms with Crippen LogP contribution in [-0.2, 0) is 9.53 Å². The monoisotopic (exact) mass is 346 g/mol. The second kappa shape index (κ2) is 7.15. The zero-order chi connectivity index (χ0) is 17.2. The van der Waals surface area contributed by atoms with Crippen LogP contribution in [-0.4, -0.2) is 66.3 Å². The first kappa shape index (κ1) is 16.6. The van der Waals surface area contributed by atoms with Gasteiger partial charge in [-0.25, -0.2) is 9.97 Å². The molecule has 0 radical (unpaired) electrons. The van der Waals surface area contributed by atoms with Gasteiger partial charge in [-0.2, -0.15) is 0 Å². The van der Waals surface area contributed by atoms with Gasteiger partial charge in [0.2, 0.25) is 11.8 Å². The highest BCUT2D eigenvalue weighted by Gasteiger charge is 2.38. The summed E-state index contributed by atoms with van der Waals surface area (Å²) in [5.74, 6) is 1.90. The Kier molecular flexibility index (Phi) is 4.74. The van der Waals surface area contributed by atoms with Gasteiger partial charge in [0.1, 0.15) is 12.1 Å². The lowest BCUT2D eigenvalue weighted by Gasteiger charge is -2.40. The highest BCUT2D eigenvalue weighted by atomic mass is 16.5. The molecule has 7 nitrogen and oxygen atoms in total. The fourth-order valence-electron chi connectivity index (χ4n) is 3.96. The Morgan fingerprint density at radius 1 is 1.20 bits per heavy atom. The van der Waals surface area contributed by atoms with Gasteiger partial charge in [-0.1, -0.05) is 0 Å². The van der Waals surface area contributed by atoms with Crippen LogP contribution in [0.2, 0.25) is 0 Å². The van der Waals surface area contributed by atoms with E-state index in [0.29, 0.717) is 24.6 Å². The van der Waals surface area contributed by atoms with Crippen LogP contribution in [0.4, 0.5) is 5.82 Å². The molecule has 1 amide bonds. The number of rotatable bonds is 5. The van der Waals surface area contributed by atoms with Crippen molar-refractivity contribution in [3.8, 4) is 5.88 Å². The minimum Gasteiger partial charge on any atom is -0.481 e. The van der Waals surface area contributed by atoms with Crippen molar-refractivity contribution in [2.24, 2.45) is 5.92 Å². The Morgan fingerprint density at radius 2 is 1.96 bits per heavy atom. The highest BCUT2D eigenvalue weighted by molar-refractivity contribution is 5.79. The molecular formula is C18H26N4O3. The minimum atomic E-state index is 0.0715.